The van der Waals surface area contributed by atoms with Crippen LogP contribution in [-0.4, -0.2) is 16.8 Å². The van der Waals surface area contributed by atoms with Crippen LogP contribution < -0.4 is 16.4 Å². The van der Waals surface area contributed by atoms with Crippen LogP contribution in [0, 0.1) is 0 Å². The Morgan fingerprint density at radius 3 is 2.40 bits per heavy atom. The van der Waals surface area contributed by atoms with Gasteiger partial charge < -0.3 is 16.4 Å². The first kappa shape index (κ1) is 13.8. The summed E-state index contributed by atoms with van der Waals surface area (Å²) >= 11 is 5.82. The zero-order chi connectivity index (χ0) is 14.5. The van der Waals surface area contributed by atoms with Crippen molar-refractivity contribution in [1.82, 2.24) is 4.98 Å². The first-order valence-corrected chi connectivity index (χ1v) is 6.01. The summed E-state index contributed by atoms with van der Waals surface area (Å²) in [4.78, 5) is 27.2. The number of halogens is 1. The van der Waals surface area contributed by atoms with Crippen LogP contribution in [0.4, 0.5) is 17.1 Å². The first-order valence-electron chi connectivity index (χ1n) is 5.63. The Morgan fingerprint density at radius 1 is 1.10 bits per heavy atom. The van der Waals surface area contributed by atoms with Gasteiger partial charge in [0.1, 0.15) is 0 Å². The van der Waals surface area contributed by atoms with E-state index in [4.69, 9.17) is 17.3 Å². The van der Waals surface area contributed by atoms with Crippen LogP contribution in [0.1, 0.15) is 0 Å². The van der Waals surface area contributed by atoms with E-state index in [1.165, 1.54) is 18.3 Å². The summed E-state index contributed by atoms with van der Waals surface area (Å²) in [6, 6.07) is 7.82. The minimum Gasteiger partial charge on any atom is -0.398 e. The molecule has 0 spiro atoms. The molecule has 20 heavy (non-hydrogen) atoms. The minimum absolute atomic E-state index is 0.301. The minimum atomic E-state index is -0.810. The van der Waals surface area contributed by atoms with E-state index in [1.54, 1.807) is 24.4 Å². The van der Waals surface area contributed by atoms with E-state index in [2.05, 4.69) is 15.6 Å². The molecule has 4 N–H and O–H groups in total. The SMILES string of the molecule is Nc1ccc(NC(=O)C(=O)Nc2cccnc2)cc1Cl. The summed E-state index contributed by atoms with van der Waals surface area (Å²) in [5, 5.41) is 5.14. The lowest BCUT2D eigenvalue weighted by Gasteiger charge is -2.07. The third kappa shape index (κ3) is 3.46. The van der Waals surface area contributed by atoms with Gasteiger partial charge in [0.15, 0.2) is 0 Å². The number of nitrogens with two attached hydrogens (primary N) is 1. The fourth-order valence-electron chi connectivity index (χ4n) is 1.42. The number of pyridine rings is 1. The van der Waals surface area contributed by atoms with Gasteiger partial charge in [-0.2, -0.15) is 0 Å². The van der Waals surface area contributed by atoms with Crippen molar-refractivity contribution in [1.29, 1.82) is 0 Å². The van der Waals surface area contributed by atoms with Crippen LogP contribution >= 0.6 is 11.6 Å². The molecule has 0 aliphatic heterocycles. The monoisotopic (exact) mass is 290 g/mol. The number of nitrogen functional groups attached to an aromatic ring is 1. The molecule has 0 bridgehead atoms. The molecule has 1 aromatic heterocycles. The van der Waals surface area contributed by atoms with Crippen molar-refractivity contribution >= 4 is 40.5 Å². The van der Waals surface area contributed by atoms with Gasteiger partial charge in [-0.3, -0.25) is 14.6 Å². The molecular weight excluding hydrogens is 280 g/mol. The molecule has 0 aliphatic rings. The van der Waals surface area contributed by atoms with Gasteiger partial charge in [0.25, 0.3) is 0 Å². The Hall–Kier alpha value is -2.60. The van der Waals surface area contributed by atoms with E-state index in [0.717, 1.165) is 0 Å². The molecule has 0 atom stereocenters. The van der Waals surface area contributed by atoms with Gasteiger partial charge in [-0.25, -0.2) is 0 Å². The highest BCUT2D eigenvalue weighted by molar-refractivity contribution is 6.43. The standard InChI is InChI=1S/C13H11ClN4O2/c14-10-6-8(3-4-11(10)15)17-12(19)13(20)18-9-2-1-5-16-7-9/h1-7H,15H2,(H,17,19)(H,18,20). The molecule has 7 heteroatoms. The highest BCUT2D eigenvalue weighted by Gasteiger charge is 2.14. The summed E-state index contributed by atoms with van der Waals surface area (Å²) in [7, 11) is 0. The molecule has 1 aromatic carbocycles. The van der Waals surface area contributed by atoms with Crippen molar-refractivity contribution in [3.8, 4) is 0 Å². The summed E-state index contributed by atoms with van der Waals surface area (Å²) in [5.74, 6) is -1.61. The van der Waals surface area contributed by atoms with Crippen LogP contribution in [-0.2, 0) is 9.59 Å². The Bertz CT molecular complexity index is 646. The number of amides is 2. The van der Waals surface area contributed by atoms with E-state index < -0.39 is 11.8 Å². The second-order valence-corrected chi connectivity index (χ2v) is 4.29. The average Bonchev–Trinajstić information content (AvgIpc) is 2.44. The third-order valence-electron chi connectivity index (χ3n) is 2.38. The number of anilines is 3. The fraction of sp³-hybridized carbons (Fsp3) is 0. The van der Waals surface area contributed by atoms with Crippen molar-refractivity contribution in [3.63, 3.8) is 0 Å². The maximum absolute atomic E-state index is 11.7. The van der Waals surface area contributed by atoms with Crippen molar-refractivity contribution < 1.29 is 9.59 Å². The van der Waals surface area contributed by atoms with Crippen molar-refractivity contribution in [2.24, 2.45) is 0 Å². The van der Waals surface area contributed by atoms with Crippen molar-refractivity contribution in [2.75, 3.05) is 16.4 Å². The molecule has 0 radical (unpaired) electrons. The van der Waals surface area contributed by atoms with E-state index in [0.29, 0.717) is 22.1 Å². The summed E-state index contributed by atoms with van der Waals surface area (Å²) < 4.78 is 0. The second-order valence-electron chi connectivity index (χ2n) is 3.89. The number of carbonyl (C=O) groups is 2. The Morgan fingerprint density at radius 2 is 1.80 bits per heavy atom. The molecule has 2 rings (SSSR count). The molecule has 1 heterocycles. The zero-order valence-electron chi connectivity index (χ0n) is 10.3. The summed E-state index contributed by atoms with van der Waals surface area (Å²) in [6.45, 7) is 0. The number of hydrogen-bond donors (Lipinski definition) is 3. The average molecular weight is 291 g/mol. The van der Waals surface area contributed by atoms with E-state index in [9.17, 15) is 9.59 Å². The van der Waals surface area contributed by atoms with Crippen LogP contribution in [0.5, 0.6) is 0 Å². The van der Waals surface area contributed by atoms with Crippen LogP contribution in [0.3, 0.4) is 0 Å². The topological polar surface area (TPSA) is 97.1 Å². The highest BCUT2D eigenvalue weighted by Crippen LogP contribution is 2.22. The number of nitrogens with zero attached hydrogens (tertiary/aromatic N) is 1. The predicted molar refractivity (Wildman–Crippen MR) is 77.4 cm³/mol. The molecule has 0 saturated carbocycles. The number of nitrogens with one attached hydrogen (secondary N) is 2. The van der Waals surface area contributed by atoms with Gasteiger partial charge in [0.2, 0.25) is 0 Å². The lowest BCUT2D eigenvalue weighted by molar-refractivity contribution is -0.133. The smallest absolute Gasteiger partial charge is 0.314 e. The Labute approximate surface area is 120 Å². The molecule has 2 aromatic rings. The molecular formula is C13H11ClN4O2. The van der Waals surface area contributed by atoms with Crippen LogP contribution in [0.2, 0.25) is 5.02 Å². The lowest BCUT2D eigenvalue weighted by atomic mass is 10.3. The van der Waals surface area contributed by atoms with Crippen molar-refractivity contribution in [3.05, 3.63) is 47.7 Å². The van der Waals surface area contributed by atoms with Crippen LogP contribution in [0.15, 0.2) is 42.7 Å². The molecule has 2 amide bonds. The largest absolute Gasteiger partial charge is 0.398 e. The number of rotatable bonds is 2. The van der Waals surface area contributed by atoms with Gasteiger partial charge in [0.05, 0.1) is 22.6 Å². The van der Waals surface area contributed by atoms with Gasteiger partial charge in [-0.15, -0.1) is 0 Å². The Kier molecular flexibility index (Phi) is 4.17. The number of carbonyl (C=O) groups excluding carboxylic acids is 2. The maximum atomic E-state index is 11.7. The van der Waals surface area contributed by atoms with Crippen LogP contribution in [0.25, 0.3) is 0 Å². The van der Waals surface area contributed by atoms with Crippen molar-refractivity contribution in [2.45, 2.75) is 0 Å². The van der Waals surface area contributed by atoms with E-state index in [1.807, 2.05) is 0 Å². The van der Waals surface area contributed by atoms with Gasteiger partial charge in [-0.05, 0) is 30.3 Å². The molecule has 6 nitrogen and oxygen atoms in total. The molecule has 0 aliphatic carbocycles. The third-order valence-corrected chi connectivity index (χ3v) is 2.71. The summed E-state index contributed by atoms with van der Waals surface area (Å²) in [6.07, 6.45) is 3.00. The quantitative estimate of drug-likeness (QED) is 0.581. The number of benzene rings is 1. The lowest BCUT2D eigenvalue weighted by Crippen LogP contribution is -2.29. The number of hydrogen-bond acceptors (Lipinski definition) is 4. The van der Waals surface area contributed by atoms with Gasteiger partial charge in [-0.1, -0.05) is 11.6 Å². The normalized spacial score (nSPS) is 9.85. The second kappa shape index (κ2) is 6.03. The Balaban J connectivity index is 2.01. The van der Waals surface area contributed by atoms with E-state index in [-0.39, 0.29) is 0 Å². The fourth-order valence-corrected chi connectivity index (χ4v) is 1.60. The molecule has 0 fully saturated rings. The summed E-state index contributed by atoms with van der Waals surface area (Å²) in [5.41, 5.74) is 6.76. The predicted octanol–water partition coefficient (Wildman–Crippen LogP) is 1.89. The highest BCUT2D eigenvalue weighted by atomic mass is 35.5. The van der Waals surface area contributed by atoms with Gasteiger partial charge >= 0.3 is 11.8 Å². The maximum Gasteiger partial charge on any atom is 0.314 e. The zero-order valence-corrected chi connectivity index (χ0v) is 11.0. The van der Waals surface area contributed by atoms with Gasteiger partial charge in [0, 0.05) is 11.9 Å². The van der Waals surface area contributed by atoms with E-state index >= 15 is 0 Å². The first-order chi connectivity index (χ1) is 9.56. The number of aromatic nitrogens is 1. The molecule has 0 saturated heterocycles. The molecule has 0 unspecified atom stereocenters. The molecule has 102 valence electrons.